The molecule has 0 atom stereocenters. The summed E-state index contributed by atoms with van der Waals surface area (Å²) in [7, 11) is 0. The Labute approximate surface area is 102 Å². The van der Waals surface area contributed by atoms with Crippen molar-refractivity contribution in [3.8, 4) is 5.75 Å². The van der Waals surface area contributed by atoms with Crippen LogP contribution in [0.4, 0.5) is 5.69 Å². The van der Waals surface area contributed by atoms with Crippen molar-refractivity contribution >= 4 is 21.6 Å². The monoisotopic (exact) mass is 278 g/mol. The fraction of sp³-hybridized carbons (Fsp3) is 0.0833. The average Bonchev–Trinajstić information content (AvgIpc) is 2.29. The van der Waals surface area contributed by atoms with Gasteiger partial charge in [0.05, 0.1) is 5.69 Å². The van der Waals surface area contributed by atoms with E-state index >= 15 is 0 Å². The highest BCUT2D eigenvalue weighted by Crippen LogP contribution is 2.25. The van der Waals surface area contributed by atoms with Crippen molar-refractivity contribution in [3.63, 3.8) is 0 Å². The summed E-state index contributed by atoms with van der Waals surface area (Å²) in [5.74, 6) is 0.694. The first-order valence-electron chi connectivity index (χ1n) is 4.82. The zero-order valence-corrected chi connectivity index (χ0v) is 10.1. The molecule has 0 radical (unpaired) electrons. The number of halogens is 1. The summed E-state index contributed by atoms with van der Waals surface area (Å²) in [5.41, 5.74) is 7.51. The van der Waals surface area contributed by atoms with E-state index in [9.17, 15) is 0 Å². The predicted molar refractivity (Wildman–Crippen MR) is 67.1 cm³/mol. The molecule has 0 spiro atoms. The van der Waals surface area contributed by atoms with Crippen LogP contribution in [0.15, 0.2) is 47.2 Å². The molecule has 0 bridgehead atoms. The number of benzene rings is 1. The number of hydrogen-bond acceptors (Lipinski definition) is 3. The predicted octanol–water partition coefficient (Wildman–Crippen LogP) is 3.01. The molecule has 0 aliphatic heterocycles. The highest BCUT2D eigenvalue weighted by molar-refractivity contribution is 9.10. The Morgan fingerprint density at radius 2 is 1.94 bits per heavy atom. The minimum absolute atomic E-state index is 0.494. The van der Waals surface area contributed by atoms with Gasteiger partial charge in [-0.3, -0.25) is 4.98 Å². The van der Waals surface area contributed by atoms with Crippen molar-refractivity contribution in [2.75, 3.05) is 5.73 Å². The second-order valence-corrected chi connectivity index (χ2v) is 4.24. The molecular formula is C12H11BrN2O. The Hall–Kier alpha value is -1.55. The molecule has 2 N–H and O–H groups in total. The van der Waals surface area contributed by atoms with E-state index in [1.165, 1.54) is 0 Å². The van der Waals surface area contributed by atoms with E-state index in [1.54, 1.807) is 12.4 Å². The Morgan fingerprint density at radius 3 is 2.62 bits per heavy atom. The summed E-state index contributed by atoms with van der Waals surface area (Å²) in [6.07, 6.45) is 3.48. The number of pyridine rings is 1. The summed E-state index contributed by atoms with van der Waals surface area (Å²) in [6, 6.07) is 9.39. The molecule has 0 saturated heterocycles. The third-order valence-corrected chi connectivity index (χ3v) is 2.61. The van der Waals surface area contributed by atoms with E-state index in [0.717, 1.165) is 10.0 Å². The summed E-state index contributed by atoms with van der Waals surface area (Å²) in [6.45, 7) is 0.494. The molecule has 0 aliphatic rings. The molecule has 2 aromatic rings. The van der Waals surface area contributed by atoms with Gasteiger partial charge in [-0.1, -0.05) is 15.9 Å². The van der Waals surface area contributed by atoms with Crippen LogP contribution in [0.1, 0.15) is 5.56 Å². The fourth-order valence-corrected chi connectivity index (χ4v) is 1.67. The van der Waals surface area contributed by atoms with E-state index in [-0.39, 0.29) is 0 Å². The lowest BCUT2D eigenvalue weighted by molar-refractivity contribution is 0.308. The molecule has 2 rings (SSSR count). The van der Waals surface area contributed by atoms with Gasteiger partial charge < -0.3 is 10.5 Å². The fourth-order valence-electron chi connectivity index (χ4n) is 1.29. The largest absolute Gasteiger partial charge is 0.487 e. The van der Waals surface area contributed by atoms with Crippen LogP contribution in [0.25, 0.3) is 0 Å². The molecule has 3 nitrogen and oxygen atoms in total. The van der Waals surface area contributed by atoms with Crippen LogP contribution < -0.4 is 10.5 Å². The number of rotatable bonds is 3. The smallest absolute Gasteiger partial charge is 0.142 e. The van der Waals surface area contributed by atoms with Crippen LogP contribution in [-0.2, 0) is 6.61 Å². The Kier molecular flexibility index (Phi) is 3.41. The molecule has 0 fully saturated rings. The first kappa shape index (κ1) is 11.0. The molecule has 16 heavy (non-hydrogen) atoms. The number of ether oxygens (including phenoxy) is 1. The summed E-state index contributed by atoms with van der Waals surface area (Å²) >= 11 is 3.35. The Bertz CT molecular complexity index is 474. The Morgan fingerprint density at radius 1 is 1.19 bits per heavy atom. The van der Waals surface area contributed by atoms with Crippen LogP contribution in [0.5, 0.6) is 5.75 Å². The first-order valence-corrected chi connectivity index (χ1v) is 5.62. The van der Waals surface area contributed by atoms with Crippen LogP contribution in [0.3, 0.4) is 0 Å². The van der Waals surface area contributed by atoms with Crippen molar-refractivity contribution < 1.29 is 4.74 Å². The van der Waals surface area contributed by atoms with E-state index < -0.39 is 0 Å². The number of nitrogens with two attached hydrogens (primary N) is 1. The number of nitrogens with zero attached hydrogens (tertiary/aromatic N) is 1. The van der Waals surface area contributed by atoms with Crippen LogP contribution >= 0.6 is 15.9 Å². The lowest BCUT2D eigenvalue weighted by Gasteiger charge is -2.08. The van der Waals surface area contributed by atoms with Gasteiger partial charge in [0, 0.05) is 16.9 Å². The van der Waals surface area contributed by atoms with Crippen molar-refractivity contribution in [2.24, 2.45) is 0 Å². The highest BCUT2D eigenvalue weighted by atomic mass is 79.9. The van der Waals surface area contributed by atoms with Gasteiger partial charge in [-0.2, -0.15) is 0 Å². The lowest BCUT2D eigenvalue weighted by Crippen LogP contribution is -1.98. The molecule has 1 aromatic heterocycles. The van der Waals surface area contributed by atoms with Crippen molar-refractivity contribution in [1.29, 1.82) is 0 Å². The van der Waals surface area contributed by atoms with E-state index in [0.29, 0.717) is 18.0 Å². The minimum Gasteiger partial charge on any atom is -0.487 e. The normalized spacial score (nSPS) is 10.1. The third kappa shape index (κ3) is 2.73. The number of aromatic nitrogens is 1. The summed E-state index contributed by atoms with van der Waals surface area (Å²) < 4.78 is 6.55. The van der Waals surface area contributed by atoms with Gasteiger partial charge >= 0.3 is 0 Å². The van der Waals surface area contributed by atoms with E-state index in [1.807, 2.05) is 30.3 Å². The number of anilines is 1. The maximum absolute atomic E-state index is 5.82. The standard InChI is InChI=1S/C12H11BrN2O/c13-10-1-2-12(11(14)7-10)16-8-9-3-5-15-6-4-9/h1-7H,8,14H2. The molecule has 1 aromatic carbocycles. The quantitative estimate of drug-likeness (QED) is 0.878. The lowest BCUT2D eigenvalue weighted by atomic mass is 10.3. The van der Waals surface area contributed by atoms with Gasteiger partial charge in [-0.15, -0.1) is 0 Å². The molecule has 0 saturated carbocycles. The summed E-state index contributed by atoms with van der Waals surface area (Å²) in [4.78, 5) is 3.94. The SMILES string of the molecule is Nc1cc(Br)ccc1OCc1ccncc1. The first-order chi connectivity index (χ1) is 7.75. The van der Waals surface area contributed by atoms with Crippen molar-refractivity contribution in [3.05, 3.63) is 52.8 Å². The van der Waals surface area contributed by atoms with Gasteiger partial charge in [-0.25, -0.2) is 0 Å². The van der Waals surface area contributed by atoms with Gasteiger partial charge in [0.15, 0.2) is 0 Å². The molecule has 0 unspecified atom stereocenters. The Balaban J connectivity index is 2.05. The maximum atomic E-state index is 5.82. The van der Waals surface area contributed by atoms with E-state index in [4.69, 9.17) is 10.5 Å². The molecule has 82 valence electrons. The van der Waals surface area contributed by atoms with Crippen molar-refractivity contribution in [1.82, 2.24) is 4.98 Å². The highest BCUT2D eigenvalue weighted by Gasteiger charge is 2.01. The average molecular weight is 279 g/mol. The molecule has 4 heteroatoms. The molecular weight excluding hydrogens is 268 g/mol. The van der Waals surface area contributed by atoms with Crippen LogP contribution in [-0.4, -0.2) is 4.98 Å². The minimum atomic E-state index is 0.494. The zero-order chi connectivity index (χ0) is 11.4. The van der Waals surface area contributed by atoms with Gasteiger partial charge in [-0.05, 0) is 35.9 Å². The van der Waals surface area contributed by atoms with Crippen LogP contribution in [0.2, 0.25) is 0 Å². The van der Waals surface area contributed by atoms with Crippen LogP contribution in [0, 0.1) is 0 Å². The van der Waals surface area contributed by atoms with Crippen molar-refractivity contribution in [2.45, 2.75) is 6.61 Å². The van der Waals surface area contributed by atoms with Gasteiger partial charge in [0.1, 0.15) is 12.4 Å². The number of nitrogen functional groups attached to an aromatic ring is 1. The van der Waals surface area contributed by atoms with E-state index in [2.05, 4.69) is 20.9 Å². The topological polar surface area (TPSA) is 48.1 Å². The summed E-state index contributed by atoms with van der Waals surface area (Å²) in [5, 5.41) is 0. The second kappa shape index (κ2) is 4.99. The second-order valence-electron chi connectivity index (χ2n) is 3.33. The third-order valence-electron chi connectivity index (χ3n) is 2.12. The molecule has 1 heterocycles. The maximum Gasteiger partial charge on any atom is 0.142 e. The van der Waals surface area contributed by atoms with Gasteiger partial charge in [0.25, 0.3) is 0 Å². The molecule has 0 amide bonds. The number of hydrogen-bond donors (Lipinski definition) is 1. The van der Waals surface area contributed by atoms with Gasteiger partial charge in [0.2, 0.25) is 0 Å². The zero-order valence-electron chi connectivity index (χ0n) is 8.56. The molecule has 0 aliphatic carbocycles.